The monoisotopic (exact) mass is 408 g/mol. The second-order valence-corrected chi connectivity index (χ2v) is 6.52. The third kappa shape index (κ3) is 5.56. The Kier molecular flexibility index (Phi) is 6.57. The van der Waals surface area contributed by atoms with E-state index in [1.807, 2.05) is 0 Å². The van der Waals surface area contributed by atoms with Crippen molar-refractivity contribution < 1.29 is 17.4 Å². The number of hydrogen-bond donors (Lipinski definition) is 1. The second-order valence-electron chi connectivity index (χ2n) is 3.89. The van der Waals surface area contributed by atoms with Crippen molar-refractivity contribution in [3.63, 3.8) is 0 Å². The summed E-state index contributed by atoms with van der Waals surface area (Å²) < 4.78 is 43.0. The third-order valence-electron chi connectivity index (χ3n) is 2.44. The van der Waals surface area contributed by atoms with Crippen molar-refractivity contribution in [2.75, 3.05) is 0 Å². The Hall–Kier alpha value is -0.990. The van der Waals surface area contributed by atoms with Crippen LogP contribution in [0.1, 0.15) is 12.5 Å². The van der Waals surface area contributed by atoms with E-state index in [1.165, 1.54) is 21.3 Å². The summed E-state index contributed by atoms with van der Waals surface area (Å²) in [5.74, 6) is -0.949. The lowest BCUT2D eigenvalue weighted by Crippen LogP contribution is -2.00. The normalized spacial score (nSPS) is 10.6. The van der Waals surface area contributed by atoms with Gasteiger partial charge in [-0.15, -0.1) is 0 Å². The number of aryl methyl sites for hydroxylation is 1. The SMILES string of the molecule is CCc1ccc(I)cc1.O=S(=O)(O)c1ccccc1F. The zero-order valence-corrected chi connectivity index (χ0v) is 13.7. The molecule has 6 heteroatoms. The smallest absolute Gasteiger partial charge is 0.282 e. The van der Waals surface area contributed by atoms with Crippen LogP contribution in [0.3, 0.4) is 0 Å². The molecule has 0 unspecified atom stereocenters. The van der Waals surface area contributed by atoms with E-state index in [9.17, 15) is 12.8 Å². The molecular weight excluding hydrogens is 394 g/mol. The third-order valence-corrected chi connectivity index (χ3v) is 4.04. The first-order valence-corrected chi connectivity index (χ1v) is 8.33. The molecular formula is C14H14FIO3S. The maximum Gasteiger partial charge on any atom is 0.297 e. The molecule has 108 valence electrons. The minimum Gasteiger partial charge on any atom is -0.282 e. The van der Waals surface area contributed by atoms with E-state index in [0.717, 1.165) is 18.6 Å². The number of rotatable bonds is 2. The highest BCUT2D eigenvalue weighted by molar-refractivity contribution is 14.1. The topological polar surface area (TPSA) is 54.4 Å². The largest absolute Gasteiger partial charge is 0.297 e. The fourth-order valence-electron chi connectivity index (χ4n) is 1.37. The molecule has 0 amide bonds. The van der Waals surface area contributed by atoms with E-state index >= 15 is 0 Å². The Balaban J connectivity index is 0.000000204. The highest BCUT2D eigenvalue weighted by Crippen LogP contribution is 2.11. The summed E-state index contributed by atoms with van der Waals surface area (Å²) in [7, 11) is -4.41. The summed E-state index contributed by atoms with van der Waals surface area (Å²) in [5, 5.41) is 0. The van der Waals surface area contributed by atoms with Crippen LogP contribution in [0, 0.1) is 9.39 Å². The molecule has 0 saturated carbocycles. The Morgan fingerprint density at radius 1 is 1.10 bits per heavy atom. The molecule has 0 fully saturated rings. The van der Waals surface area contributed by atoms with Gasteiger partial charge < -0.3 is 0 Å². The van der Waals surface area contributed by atoms with E-state index < -0.39 is 20.8 Å². The van der Waals surface area contributed by atoms with Crippen molar-refractivity contribution in [2.24, 2.45) is 0 Å². The molecule has 2 aromatic carbocycles. The van der Waals surface area contributed by atoms with Gasteiger partial charge in [0.1, 0.15) is 10.7 Å². The van der Waals surface area contributed by atoms with Crippen LogP contribution in [0.2, 0.25) is 0 Å². The first-order chi connectivity index (χ1) is 9.34. The van der Waals surface area contributed by atoms with Gasteiger partial charge in [0.2, 0.25) is 0 Å². The fourth-order valence-corrected chi connectivity index (χ4v) is 2.30. The van der Waals surface area contributed by atoms with Crippen molar-refractivity contribution in [1.82, 2.24) is 0 Å². The first-order valence-electron chi connectivity index (χ1n) is 5.81. The van der Waals surface area contributed by atoms with Crippen LogP contribution in [0.25, 0.3) is 0 Å². The van der Waals surface area contributed by atoms with E-state index in [1.54, 1.807) is 0 Å². The minimum absolute atomic E-state index is 0.694. The van der Waals surface area contributed by atoms with Gasteiger partial charge in [0.25, 0.3) is 10.1 Å². The lowest BCUT2D eigenvalue weighted by Gasteiger charge is -1.95. The van der Waals surface area contributed by atoms with Crippen LogP contribution in [0.4, 0.5) is 4.39 Å². The lowest BCUT2D eigenvalue weighted by atomic mass is 10.2. The van der Waals surface area contributed by atoms with Crippen LogP contribution in [-0.2, 0) is 16.5 Å². The zero-order chi connectivity index (χ0) is 15.2. The highest BCUT2D eigenvalue weighted by atomic mass is 127. The molecule has 0 bridgehead atoms. The molecule has 0 spiro atoms. The van der Waals surface area contributed by atoms with Crippen LogP contribution in [0.15, 0.2) is 53.4 Å². The molecule has 2 aromatic rings. The average molecular weight is 408 g/mol. The Morgan fingerprint density at radius 3 is 2.05 bits per heavy atom. The quantitative estimate of drug-likeness (QED) is 0.606. The van der Waals surface area contributed by atoms with Crippen LogP contribution < -0.4 is 0 Å². The van der Waals surface area contributed by atoms with Gasteiger partial charge >= 0.3 is 0 Å². The number of hydrogen-bond acceptors (Lipinski definition) is 2. The molecule has 0 aromatic heterocycles. The van der Waals surface area contributed by atoms with Crippen LogP contribution >= 0.6 is 22.6 Å². The Labute approximate surface area is 131 Å². The highest BCUT2D eigenvalue weighted by Gasteiger charge is 2.13. The van der Waals surface area contributed by atoms with E-state index in [0.29, 0.717) is 0 Å². The summed E-state index contributed by atoms with van der Waals surface area (Å²) in [5.41, 5.74) is 1.41. The van der Waals surface area contributed by atoms with Gasteiger partial charge in [-0.05, 0) is 58.8 Å². The Morgan fingerprint density at radius 2 is 1.65 bits per heavy atom. The van der Waals surface area contributed by atoms with E-state index in [-0.39, 0.29) is 0 Å². The molecule has 0 aliphatic carbocycles. The van der Waals surface area contributed by atoms with Crippen molar-refractivity contribution in [1.29, 1.82) is 0 Å². The molecule has 20 heavy (non-hydrogen) atoms. The van der Waals surface area contributed by atoms with Crippen molar-refractivity contribution >= 4 is 32.7 Å². The van der Waals surface area contributed by atoms with Gasteiger partial charge in [-0.2, -0.15) is 8.42 Å². The van der Waals surface area contributed by atoms with E-state index in [4.69, 9.17) is 4.55 Å². The fraction of sp³-hybridized carbons (Fsp3) is 0.143. The first kappa shape index (κ1) is 17.1. The Bertz CT molecular complexity index is 654. The van der Waals surface area contributed by atoms with Gasteiger partial charge in [-0.1, -0.05) is 31.2 Å². The van der Waals surface area contributed by atoms with Gasteiger partial charge in [0.15, 0.2) is 0 Å². The number of benzene rings is 2. The van der Waals surface area contributed by atoms with Gasteiger partial charge in [-0.25, -0.2) is 4.39 Å². The lowest BCUT2D eigenvalue weighted by molar-refractivity contribution is 0.473. The molecule has 1 N–H and O–H groups in total. The molecule has 0 saturated heterocycles. The predicted octanol–water partition coefficient (Wildman–Crippen LogP) is 3.93. The molecule has 0 heterocycles. The summed E-state index contributed by atoms with van der Waals surface area (Å²) in [6, 6.07) is 13.2. The maximum absolute atomic E-state index is 12.5. The molecule has 2 rings (SSSR count). The van der Waals surface area contributed by atoms with Crippen LogP contribution in [0.5, 0.6) is 0 Å². The van der Waals surface area contributed by atoms with Gasteiger partial charge in [0, 0.05) is 3.57 Å². The molecule has 0 radical (unpaired) electrons. The molecule has 3 nitrogen and oxygen atoms in total. The molecule has 0 atom stereocenters. The standard InChI is InChI=1S/C8H9I.C6H5FO3S/c1-2-7-3-5-8(9)6-4-7;7-5-3-1-2-4-6(5)11(8,9)10/h3-6H,2H2,1H3;1-4H,(H,8,9,10). The average Bonchev–Trinajstić information content (AvgIpc) is 2.39. The van der Waals surface area contributed by atoms with Crippen molar-refractivity contribution in [3.8, 4) is 0 Å². The zero-order valence-electron chi connectivity index (χ0n) is 10.8. The van der Waals surface area contributed by atoms with Crippen LogP contribution in [-0.4, -0.2) is 13.0 Å². The number of halogens is 2. The summed E-state index contributed by atoms with van der Waals surface area (Å²) in [6.07, 6.45) is 1.14. The maximum atomic E-state index is 12.5. The minimum atomic E-state index is -4.41. The summed E-state index contributed by atoms with van der Waals surface area (Å²) in [6.45, 7) is 2.17. The van der Waals surface area contributed by atoms with Gasteiger partial charge in [0.05, 0.1) is 0 Å². The summed E-state index contributed by atoms with van der Waals surface area (Å²) >= 11 is 2.31. The van der Waals surface area contributed by atoms with Crippen molar-refractivity contribution in [3.05, 3.63) is 63.5 Å². The molecule has 0 aliphatic rings. The predicted molar refractivity (Wildman–Crippen MR) is 84.8 cm³/mol. The summed E-state index contributed by atoms with van der Waals surface area (Å²) in [4.78, 5) is -0.694. The van der Waals surface area contributed by atoms with Gasteiger partial charge in [-0.3, -0.25) is 4.55 Å². The van der Waals surface area contributed by atoms with E-state index in [2.05, 4.69) is 53.8 Å². The van der Waals surface area contributed by atoms with Crippen molar-refractivity contribution in [2.45, 2.75) is 18.2 Å². The molecule has 0 aliphatic heterocycles. The second kappa shape index (κ2) is 7.70.